The Morgan fingerprint density at radius 1 is 1.13 bits per heavy atom. The SMILES string of the molecule is COc1ccc(-n2nc(NC(=O)C3CCC3)c3c(N4CCOCC4)cccc32)cc1. The number of rotatable bonds is 5. The Kier molecular flexibility index (Phi) is 5.04. The van der Waals surface area contributed by atoms with E-state index in [0.717, 1.165) is 60.4 Å². The van der Waals surface area contributed by atoms with Crippen molar-refractivity contribution in [3.8, 4) is 11.4 Å². The monoisotopic (exact) mass is 406 g/mol. The molecule has 156 valence electrons. The van der Waals surface area contributed by atoms with Crippen molar-refractivity contribution in [2.24, 2.45) is 5.92 Å². The summed E-state index contributed by atoms with van der Waals surface area (Å²) in [4.78, 5) is 15.1. The molecule has 1 amide bonds. The van der Waals surface area contributed by atoms with Crippen molar-refractivity contribution >= 4 is 28.3 Å². The van der Waals surface area contributed by atoms with Gasteiger partial charge >= 0.3 is 0 Å². The van der Waals surface area contributed by atoms with E-state index in [-0.39, 0.29) is 11.8 Å². The Balaban J connectivity index is 1.62. The quantitative estimate of drug-likeness (QED) is 0.701. The van der Waals surface area contributed by atoms with Crippen LogP contribution >= 0.6 is 0 Å². The van der Waals surface area contributed by atoms with Crippen LogP contribution in [0.2, 0.25) is 0 Å². The maximum absolute atomic E-state index is 12.7. The fraction of sp³-hybridized carbons (Fsp3) is 0.391. The van der Waals surface area contributed by atoms with E-state index < -0.39 is 0 Å². The highest BCUT2D eigenvalue weighted by Gasteiger charge is 2.28. The van der Waals surface area contributed by atoms with Crippen LogP contribution in [-0.4, -0.2) is 49.1 Å². The first kappa shape index (κ1) is 18.9. The van der Waals surface area contributed by atoms with Gasteiger partial charge in [0.25, 0.3) is 0 Å². The molecule has 1 N–H and O–H groups in total. The third-order valence-electron chi connectivity index (χ3n) is 6.07. The molecule has 1 aromatic heterocycles. The Hall–Kier alpha value is -3.06. The van der Waals surface area contributed by atoms with E-state index in [1.165, 1.54) is 0 Å². The normalized spacial score (nSPS) is 17.0. The third-order valence-corrected chi connectivity index (χ3v) is 6.07. The summed E-state index contributed by atoms with van der Waals surface area (Å²) >= 11 is 0. The Bertz CT molecular complexity index is 1050. The summed E-state index contributed by atoms with van der Waals surface area (Å²) in [5, 5.41) is 8.94. The van der Waals surface area contributed by atoms with Gasteiger partial charge in [-0.15, -0.1) is 5.10 Å². The summed E-state index contributed by atoms with van der Waals surface area (Å²) < 4.78 is 12.7. The molecule has 1 saturated heterocycles. The summed E-state index contributed by atoms with van der Waals surface area (Å²) in [6, 6.07) is 14.0. The summed E-state index contributed by atoms with van der Waals surface area (Å²) in [6.45, 7) is 3.05. The maximum Gasteiger partial charge on any atom is 0.228 e. The Labute approximate surface area is 175 Å². The van der Waals surface area contributed by atoms with Crippen molar-refractivity contribution in [3.63, 3.8) is 0 Å². The molecule has 2 aliphatic rings. The highest BCUT2D eigenvalue weighted by molar-refractivity contribution is 6.07. The van der Waals surface area contributed by atoms with Gasteiger partial charge in [0.2, 0.25) is 5.91 Å². The molecule has 0 unspecified atom stereocenters. The van der Waals surface area contributed by atoms with Crippen LogP contribution in [-0.2, 0) is 9.53 Å². The predicted octanol–water partition coefficient (Wildman–Crippen LogP) is 3.61. The number of benzene rings is 2. The zero-order valence-corrected chi connectivity index (χ0v) is 17.1. The first-order valence-corrected chi connectivity index (χ1v) is 10.5. The van der Waals surface area contributed by atoms with Crippen LogP contribution in [0.1, 0.15) is 19.3 Å². The van der Waals surface area contributed by atoms with Crippen LogP contribution in [0.4, 0.5) is 11.5 Å². The summed E-state index contributed by atoms with van der Waals surface area (Å²) in [7, 11) is 1.65. The molecule has 7 nitrogen and oxygen atoms in total. The number of amides is 1. The number of morpholine rings is 1. The lowest BCUT2D eigenvalue weighted by Crippen LogP contribution is -2.36. The molecule has 0 spiro atoms. The van der Waals surface area contributed by atoms with Gasteiger partial charge in [0, 0.05) is 19.0 Å². The average Bonchev–Trinajstić information content (AvgIpc) is 3.11. The Morgan fingerprint density at radius 3 is 2.57 bits per heavy atom. The number of aromatic nitrogens is 2. The highest BCUT2D eigenvalue weighted by Crippen LogP contribution is 2.36. The van der Waals surface area contributed by atoms with Crippen LogP contribution < -0.4 is 15.0 Å². The lowest BCUT2D eigenvalue weighted by atomic mass is 9.85. The van der Waals surface area contributed by atoms with Crippen LogP contribution in [0.15, 0.2) is 42.5 Å². The van der Waals surface area contributed by atoms with E-state index in [2.05, 4.69) is 22.3 Å². The summed E-state index contributed by atoms with van der Waals surface area (Å²) in [5.74, 6) is 1.59. The van der Waals surface area contributed by atoms with Gasteiger partial charge in [-0.1, -0.05) is 12.5 Å². The molecule has 3 aromatic rings. The number of fused-ring (bicyclic) bond motifs is 1. The van der Waals surface area contributed by atoms with Gasteiger partial charge in [-0.05, 0) is 49.2 Å². The van der Waals surface area contributed by atoms with Gasteiger partial charge in [-0.3, -0.25) is 4.79 Å². The smallest absolute Gasteiger partial charge is 0.228 e. The number of methoxy groups -OCH3 is 1. The largest absolute Gasteiger partial charge is 0.497 e. The van der Waals surface area contributed by atoms with Crippen molar-refractivity contribution in [3.05, 3.63) is 42.5 Å². The molecule has 2 fully saturated rings. The fourth-order valence-electron chi connectivity index (χ4n) is 4.12. The summed E-state index contributed by atoms with van der Waals surface area (Å²) in [6.07, 6.45) is 3.04. The minimum absolute atomic E-state index is 0.0688. The third kappa shape index (κ3) is 3.39. The fourth-order valence-corrected chi connectivity index (χ4v) is 4.12. The van der Waals surface area contributed by atoms with Gasteiger partial charge in [0.15, 0.2) is 5.82 Å². The first-order chi connectivity index (χ1) is 14.7. The molecule has 5 rings (SSSR count). The second-order valence-corrected chi connectivity index (χ2v) is 7.85. The number of ether oxygens (including phenoxy) is 2. The number of nitrogens with zero attached hydrogens (tertiary/aromatic N) is 3. The number of anilines is 2. The number of carbonyl (C=O) groups is 1. The zero-order chi connectivity index (χ0) is 20.5. The van der Waals surface area contributed by atoms with Crippen LogP contribution in [0.3, 0.4) is 0 Å². The second-order valence-electron chi connectivity index (χ2n) is 7.85. The highest BCUT2D eigenvalue weighted by atomic mass is 16.5. The molecule has 0 bridgehead atoms. The molecule has 1 aliphatic heterocycles. The molecule has 2 aromatic carbocycles. The average molecular weight is 406 g/mol. The minimum atomic E-state index is 0.0688. The van der Waals surface area contributed by atoms with E-state index in [9.17, 15) is 4.79 Å². The minimum Gasteiger partial charge on any atom is -0.497 e. The molecular formula is C23H26N4O3. The lowest BCUT2D eigenvalue weighted by Gasteiger charge is -2.29. The van der Waals surface area contributed by atoms with E-state index in [4.69, 9.17) is 14.6 Å². The zero-order valence-electron chi connectivity index (χ0n) is 17.1. The second kappa shape index (κ2) is 7.99. The molecule has 2 heterocycles. The van der Waals surface area contributed by atoms with E-state index >= 15 is 0 Å². The lowest BCUT2D eigenvalue weighted by molar-refractivity contribution is -0.122. The molecule has 1 saturated carbocycles. The number of hydrogen-bond donors (Lipinski definition) is 1. The van der Waals surface area contributed by atoms with Gasteiger partial charge in [0.1, 0.15) is 5.75 Å². The molecule has 7 heteroatoms. The van der Waals surface area contributed by atoms with Crippen LogP contribution in [0.25, 0.3) is 16.6 Å². The maximum atomic E-state index is 12.7. The molecule has 1 aliphatic carbocycles. The van der Waals surface area contributed by atoms with Crippen LogP contribution in [0.5, 0.6) is 5.75 Å². The van der Waals surface area contributed by atoms with Crippen molar-refractivity contribution in [1.82, 2.24) is 9.78 Å². The molecule has 0 radical (unpaired) electrons. The number of nitrogens with one attached hydrogen (secondary N) is 1. The van der Waals surface area contributed by atoms with E-state index in [0.29, 0.717) is 19.0 Å². The van der Waals surface area contributed by atoms with Gasteiger partial charge in [-0.2, -0.15) is 0 Å². The number of carbonyl (C=O) groups excluding carboxylic acids is 1. The molecule has 0 atom stereocenters. The van der Waals surface area contributed by atoms with Crippen LogP contribution in [0, 0.1) is 5.92 Å². The molecule has 30 heavy (non-hydrogen) atoms. The van der Waals surface area contributed by atoms with Crippen molar-refractivity contribution in [2.75, 3.05) is 43.6 Å². The van der Waals surface area contributed by atoms with Gasteiger partial charge < -0.3 is 19.7 Å². The van der Waals surface area contributed by atoms with E-state index in [1.807, 2.05) is 35.0 Å². The van der Waals surface area contributed by atoms with Crippen molar-refractivity contribution < 1.29 is 14.3 Å². The van der Waals surface area contributed by atoms with Gasteiger partial charge in [0.05, 0.1) is 42.6 Å². The Morgan fingerprint density at radius 2 is 1.90 bits per heavy atom. The standard InChI is InChI=1S/C23H26N4O3/c1-29-18-10-8-17(9-11-18)27-20-7-3-6-19(26-12-14-30-15-13-26)21(20)22(25-27)24-23(28)16-4-2-5-16/h3,6-11,16H,2,4-5,12-15H2,1H3,(H,24,25,28). The van der Waals surface area contributed by atoms with E-state index in [1.54, 1.807) is 7.11 Å². The molecular weight excluding hydrogens is 380 g/mol. The predicted molar refractivity (Wildman–Crippen MR) is 117 cm³/mol. The summed E-state index contributed by atoms with van der Waals surface area (Å²) in [5.41, 5.74) is 2.97. The first-order valence-electron chi connectivity index (χ1n) is 10.5. The van der Waals surface area contributed by atoms with Crippen molar-refractivity contribution in [1.29, 1.82) is 0 Å². The topological polar surface area (TPSA) is 68.6 Å². The van der Waals surface area contributed by atoms with Crippen molar-refractivity contribution in [2.45, 2.75) is 19.3 Å². The van der Waals surface area contributed by atoms with Gasteiger partial charge in [-0.25, -0.2) is 4.68 Å². The number of hydrogen-bond acceptors (Lipinski definition) is 5.